The van der Waals surface area contributed by atoms with Crippen molar-refractivity contribution in [3.63, 3.8) is 0 Å². The Morgan fingerprint density at radius 3 is 2.56 bits per heavy atom. The van der Waals surface area contributed by atoms with E-state index in [1.807, 2.05) is 0 Å². The van der Waals surface area contributed by atoms with Crippen LogP contribution in [0.4, 0.5) is 24.7 Å². The molecule has 2 aromatic carbocycles. The third-order valence-electron chi connectivity index (χ3n) is 5.64. The van der Waals surface area contributed by atoms with Gasteiger partial charge in [0.2, 0.25) is 18.5 Å². The largest absolute Gasteiger partial charge is 0.454 e. The second-order valence-corrected chi connectivity index (χ2v) is 7.70. The molecule has 0 radical (unpaired) electrons. The highest BCUT2D eigenvalue weighted by Gasteiger charge is 2.36. The quantitative estimate of drug-likeness (QED) is 0.652. The lowest BCUT2D eigenvalue weighted by Gasteiger charge is -2.33. The van der Waals surface area contributed by atoms with Crippen LogP contribution in [0, 0.1) is 5.92 Å². The predicted octanol–water partition coefficient (Wildman–Crippen LogP) is 4.23. The summed E-state index contributed by atoms with van der Waals surface area (Å²) >= 11 is 0. The van der Waals surface area contributed by atoms with Gasteiger partial charge in [-0.3, -0.25) is 4.79 Å². The topological polar surface area (TPSA) is 76.6 Å². The summed E-state index contributed by atoms with van der Waals surface area (Å²) in [5.74, 6) is -0.0920. The molecule has 7 nitrogen and oxygen atoms in total. The average Bonchev–Trinajstić information content (AvgIpc) is 3.26. The molecule has 3 aromatic rings. The molecule has 0 spiro atoms. The number of nitrogens with one attached hydrogen (secondary N) is 1. The van der Waals surface area contributed by atoms with Crippen molar-refractivity contribution in [2.45, 2.75) is 19.0 Å². The highest BCUT2D eigenvalue weighted by molar-refractivity contribution is 5.93. The summed E-state index contributed by atoms with van der Waals surface area (Å²) in [6, 6.07) is 11.8. The van der Waals surface area contributed by atoms with Crippen LogP contribution in [-0.4, -0.2) is 35.8 Å². The number of ether oxygens (including phenoxy) is 2. The molecule has 1 amide bonds. The number of fused-ring (bicyclic) bond motifs is 2. The Labute approximate surface area is 181 Å². The fourth-order valence-electron chi connectivity index (χ4n) is 4.00. The van der Waals surface area contributed by atoms with Gasteiger partial charge in [0.1, 0.15) is 5.82 Å². The Morgan fingerprint density at radius 2 is 1.78 bits per heavy atom. The van der Waals surface area contributed by atoms with Gasteiger partial charge in [-0.25, -0.2) is 9.97 Å². The van der Waals surface area contributed by atoms with Crippen molar-refractivity contribution in [1.29, 1.82) is 0 Å². The van der Waals surface area contributed by atoms with Gasteiger partial charge in [-0.2, -0.15) is 13.2 Å². The van der Waals surface area contributed by atoms with Crippen molar-refractivity contribution >= 4 is 28.3 Å². The van der Waals surface area contributed by atoms with Crippen LogP contribution >= 0.6 is 0 Å². The van der Waals surface area contributed by atoms with Gasteiger partial charge < -0.3 is 19.7 Å². The van der Waals surface area contributed by atoms with E-state index in [2.05, 4.69) is 15.3 Å². The summed E-state index contributed by atoms with van der Waals surface area (Å²) in [6.45, 7) is 0.980. The van der Waals surface area contributed by atoms with Crippen LogP contribution in [-0.2, 0) is 11.0 Å². The summed E-state index contributed by atoms with van der Waals surface area (Å²) in [4.78, 5) is 22.0. The number of hydrogen-bond donors (Lipinski definition) is 1. The van der Waals surface area contributed by atoms with Crippen LogP contribution in [0.5, 0.6) is 11.5 Å². The Bertz CT molecular complexity index is 1180. The summed E-state index contributed by atoms with van der Waals surface area (Å²) < 4.78 is 50.5. The molecule has 0 atom stereocenters. The van der Waals surface area contributed by atoms with Gasteiger partial charge in [-0.05, 0) is 37.1 Å². The Balaban J connectivity index is 1.30. The zero-order valence-corrected chi connectivity index (χ0v) is 16.9. The van der Waals surface area contributed by atoms with Crippen molar-refractivity contribution in [2.24, 2.45) is 5.92 Å². The number of aromatic nitrogens is 2. The van der Waals surface area contributed by atoms with E-state index < -0.39 is 12.0 Å². The van der Waals surface area contributed by atoms with E-state index in [1.54, 1.807) is 47.4 Å². The number of benzene rings is 2. The number of nitrogens with zero attached hydrogens (tertiary/aromatic N) is 3. The number of carbonyl (C=O) groups excluding carboxylic acids is 1. The van der Waals surface area contributed by atoms with Crippen molar-refractivity contribution in [3.8, 4) is 11.5 Å². The van der Waals surface area contributed by atoms with Gasteiger partial charge in [0, 0.05) is 36.1 Å². The minimum Gasteiger partial charge on any atom is -0.454 e. The molecular formula is C22H19F3N4O3. The third-order valence-corrected chi connectivity index (χ3v) is 5.64. The summed E-state index contributed by atoms with van der Waals surface area (Å²) in [7, 11) is 0. The van der Waals surface area contributed by atoms with E-state index in [9.17, 15) is 18.0 Å². The number of amides is 1. The number of para-hydroxylation sites is 1. The molecule has 1 saturated heterocycles. The van der Waals surface area contributed by atoms with E-state index >= 15 is 0 Å². The molecule has 0 bridgehead atoms. The standard InChI is InChI=1S/C22H19F3N4O3/c23-22(24,25)21-27-16-4-2-1-3-15(16)19(28-21)29-9-7-13(8-10-29)20(30)26-14-5-6-17-18(11-14)32-12-31-17/h1-6,11,13H,7-10,12H2,(H,26,30). The molecule has 32 heavy (non-hydrogen) atoms. The monoisotopic (exact) mass is 444 g/mol. The van der Waals surface area contributed by atoms with E-state index in [4.69, 9.17) is 9.47 Å². The predicted molar refractivity (Wildman–Crippen MR) is 111 cm³/mol. The van der Waals surface area contributed by atoms with E-state index in [0.29, 0.717) is 48.5 Å². The average molecular weight is 444 g/mol. The molecular weight excluding hydrogens is 425 g/mol. The molecule has 0 unspecified atom stereocenters. The van der Waals surface area contributed by atoms with Crippen LogP contribution in [0.25, 0.3) is 10.9 Å². The highest BCUT2D eigenvalue weighted by atomic mass is 19.4. The first kappa shape index (κ1) is 20.3. The molecule has 0 saturated carbocycles. The molecule has 5 rings (SSSR count). The fourth-order valence-corrected chi connectivity index (χ4v) is 4.00. The SMILES string of the molecule is O=C(Nc1ccc2c(c1)OCO2)C1CCN(c2nc(C(F)(F)F)nc3ccccc23)CC1. The van der Waals surface area contributed by atoms with Gasteiger partial charge in [-0.15, -0.1) is 0 Å². The van der Waals surface area contributed by atoms with Crippen molar-refractivity contribution in [1.82, 2.24) is 9.97 Å². The highest BCUT2D eigenvalue weighted by Crippen LogP contribution is 2.35. The van der Waals surface area contributed by atoms with Crippen LogP contribution in [0.2, 0.25) is 0 Å². The second kappa shape index (κ2) is 7.85. The molecule has 1 fully saturated rings. The molecule has 3 heterocycles. The van der Waals surface area contributed by atoms with Crippen LogP contribution < -0.4 is 19.7 Å². The lowest BCUT2D eigenvalue weighted by Crippen LogP contribution is -2.39. The molecule has 0 aliphatic carbocycles. The van der Waals surface area contributed by atoms with Crippen molar-refractivity contribution < 1.29 is 27.4 Å². The molecule has 2 aliphatic rings. The normalized spacial score (nSPS) is 16.4. The fraction of sp³-hybridized carbons (Fsp3) is 0.318. The number of rotatable bonds is 3. The van der Waals surface area contributed by atoms with E-state index in [-0.39, 0.29) is 30.0 Å². The molecule has 1 N–H and O–H groups in total. The lowest BCUT2D eigenvalue weighted by atomic mass is 9.95. The first-order valence-electron chi connectivity index (χ1n) is 10.2. The summed E-state index contributed by atoms with van der Waals surface area (Å²) in [5, 5.41) is 3.45. The number of alkyl halides is 3. The number of halogens is 3. The number of anilines is 2. The van der Waals surface area contributed by atoms with Crippen molar-refractivity contribution in [3.05, 3.63) is 48.3 Å². The lowest BCUT2D eigenvalue weighted by molar-refractivity contribution is -0.144. The minimum atomic E-state index is -4.64. The molecule has 10 heteroatoms. The van der Waals surface area contributed by atoms with Crippen LogP contribution in [0.1, 0.15) is 18.7 Å². The van der Waals surface area contributed by atoms with Gasteiger partial charge >= 0.3 is 6.18 Å². The van der Waals surface area contributed by atoms with Gasteiger partial charge in [0.05, 0.1) is 5.52 Å². The number of carbonyl (C=O) groups is 1. The van der Waals surface area contributed by atoms with Crippen LogP contribution in [0.15, 0.2) is 42.5 Å². The Hall–Kier alpha value is -3.56. The zero-order valence-electron chi connectivity index (χ0n) is 16.9. The van der Waals surface area contributed by atoms with Crippen molar-refractivity contribution in [2.75, 3.05) is 30.1 Å². The maximum absolute atomic E-state index is 13.3. The Kier molecular flexibility index (Phi) is 4.99. The first-order chi connectivity index (χ1) is 15.4. The maximum Gasteiger partial charge on any atom is 0.451 e. The molecule has 1 aromatic heterocycles. The van der Waals surface area contributed by atoms with Crippen LogP contribution in [0.3, 0.4) is 0 Å². The zero-order chi connectivity index (χ0) is 22.3. The molecule has 2 aliphatic heterocycles. The second-order valence-electron chi connectivity index (χ2n) is 7.70. The first-order valence-corrected chi connectivity index (χ1v) is 10.2. The van der Waals surface area contributed by atoms with Gasteiger partial charge in [0.15, 0.2) is 11.5 Å². The number of piperidine rings is 1. The van der Waals surface area contributed by atoms with Gasteiger partial charge in [0.25, 0.3) is 0 Å². The van der Waals surface area contributed by atoms with Gasteiger partial charge in [-0.1, -0.05) is 12.1 Å². The number of hydrogen-bond acceptors (Lipinski definition) is 6. The van der Waals surface area contributed by atoms with E-state index in [1.165, 1.54) is 0 Å². The molecule has 166 valence electrons. The maximum atomic E-state index is 13.3. The minimum absolute atomic E-state index is 0.132. The van der Waals surface area contributed by atoms with E-state index in [0.717, 1.165) is 0 Å². The third kappa shape index (κ3) is 3.88. The summed E-state index contributed by atoms with van der Waals surface area (Å²) in [6.07, 6.45) is -3.65. The Morgan fingerprint density at radius 1 is 1.03 bits per heavy atom. The smallest absolute Gasteiger partial charge is 0.451 e. The summed E-state index contributed by atoms with van der Waals surface area (Å²) in [5.41, 5.74) is 0.853.